The first-order valence-electron chi connectivity index (χ1n) is 7.02. The van der Waals surface area contributed by atoms with Crippen molar-refractivity contribution in [3.05, 3.63) is 29.8 Å². The van der Waals surface area contributed by atoms with Crippen LogP contribution in [0.25, 0.3) is 0 Å². The molecule has 0 aliphatic carbocycles. The van der Waals surface area contributed by atoms with Crippen LogP contribution in [0.3, 0.4) is 0 Å². The minimum absolute atomic E-state index is 0.327. The van der Waals surface area contributed by atoms with Gasteiger partial charge in [-0.2, -0.15) is 0 Å². The minimum atomic E-state index is -1.03. The zero-order valence-corrected chi connectivity index (χ0v) is 12.0. The van der Waals surface area contributed by atoms with Crippen LogP contribution in [-0.2, 0) is 14.3 Å². The van der Waals surface area contributed by atoms with E-state index < -0.39 is 23.4 Å². The lowest BCUT2D eigenvalue weighted by atomic mass is 10.3. The van der Waals surface area contributed by atoms with Gasteiger partial charge in [0, 0.05) is 6.07 Å². The van der Waals surface area contributed by atoms with Crippen molar-refractivity contribution in [2.75, 3.05) is 44.7 Å². The van der Waals surface area contributed by atoms with Crippen LogP contribution >= 0.6 is 0 Å². The predicted octanol–water partition coefficient (Wildman–Crippen LogP) is -1.07. The quantitative estimate of drug-likeness (QED) is 0.620. The first kappa shape index (κ1) is 16.3. The van der Waals surface area contributed by atoms with Crippen LogP contribution in [0.2, 0.25) is 0 Å². The summed E-state index contributed by atoms with van der Waals surface area (Å²) in [7, 11) is 0. The Morgan fingerprint density at radius 1 is 1.18 bits per heavy atom. The lowest BCUT2D eigenvalue weighted by Gasteiger charge is -2.23. The van der Waals surface area contributed by atoms with Crippen molar-refractivity contribution in [2.24, 2.45) is 0 Å². The molecule has 0 atom stereocenters. The van der Waals surface area contributed by atoms with Gasteiger partial charge in [-0.05, 0) is 12.1 Å². The van der Waals surface area contributed by atoms with E-state index in [9.17, 15) is 18.4 Å². The summed E-state index contributed by atoms with van der Waals surface area (Å²) < 4.78 is 31.5. The zero-order valence-electron chi connectivity index (χ0n) is 12.0. The van der Waals surface area contributed by atoms with E-state index in [1.165, 1.54) is 4.90 Å². The number of carbonyl (C=O) groups excluding carboxylic acids is 2. The second-order valence-corrected chi connectivity index (χ2v) is 4.95. The molecule has 1 heterocycles. The van der Waals surface area contributed by atoms with E-state index in [-0.39, 0.29) is 5.69 Å². The van der Waals surface area contributed by atoms with Crippen LogP contribution in [0.4, 0.5) is 14.5 Å². The number of hydrogen-bond donors (Lipinski definition) is 3. The first-order chi connectivity index (χ1) is 10.6. The summed E-state index contributed by atoms with van der Waals surface area (Å²) in [6, 6.07) is 2.62. The maximum absolute atomic E-state index is 13.4. The van der Waals surface area contributed by atoms with Crippen molar-refractivity contribution in [3.8, 4) is 0 Å². The van der Waals surface area contributed by atoms with Crippen molar-refractivity contribution in [1.82, 2.24) is 5.32 Å². The van der Waals surface area contributed by atoms with E-state index in [1.807, 2.05) is 5.32 Å². The summed E-state index contributed by atoms with van der Waals surface area (Å²) in [5.41, 5.74) is -0.362. The van der Waals surface area contributed by atoms with Crippen LogP contribution in [0.15, 0.2) is 18.2 Å². The summed E-state index contributed by atoms with van der Waals surface area (Å²) in [4.78, 5) is 24.5. The average molecular weight is 314 g/mol. The number of benzene rings is 1. The summed E-state index contributed by atoms with van der Waals surface area (Å²) in [6.45, 7) is 4.09. The van der Waals surface area contributed by atoms with Gasteiger partial charge in [-0.1, -0.05) is 0 Å². The number of anilines is 1. The van der Waals surface area contributed by atoms with Crippen LogP contribution in [-0.4, -0.2) is 51.2 Å². The van der Waals surface area contributed by atoms with E-state index in [2.05, 4.69) is 5.32 Å². The van der Waals surface area contributed by atoms with Gasteiger partial charge in [0.15, 0.2) is 0 Å². The molecule has 6 nitrogen and oxygen atoms in total. The molecule has 1 aromatic rings. The molecule has 1 aromatic carbocycles. The predicted molar refractivity (Wildman–Crippen MR) is 74.4 cm³/mol. The van der Waals surface area contributed by atoms with Gasteiger partial charge in [0.2, 0.25) is 0 Å². The molecule has 0 aromatic heterocycles. The molecule has 0 bridgehead atoms. The Morgan fingerprint density at radius 2 is 1.91 bits per heavy atom. The van der Waals surface area contributed by atoms with Gasteiger partial charge < -0.3 is 20.3 Å². The third kappa shape index (κ3) is 4.74. The fraction of sp³-hybridized carbons (Fsp3) is 0.429. The molecular formula is C14H18F2N3O3+. The van der Waals surface area contributed by atoms with Crippen molar-refractivity contribution in [1.29, 1.82) is 0 Å². The van der Waals surface area contributed by atoms with E-state index in [1.54, 1.807) is 0 Å². The molecule has 2 rings (SSSR count). The average Bonchev–Trinajstić information content (AvgIpc) is 2.52. The minimum Gasteiger partial charge on any atom is -0.370 e. The molecule has 8 heteroatoms. The highest BCUT2D eigenvalue weighted by Crippen LogP contribution is 2.14. The van der Waals surface area contributed by atoms with E-state index >= 15 is 0 Å². The number of ether oxygens (including phenoxy) is 1. The Balaban J connectivity index is 1.76. The molecule has 0 saturated carbocycles. The van der Waals surface area contributed by atoms with Gasteiger partial charge in [-0.25, -0.2) is 8.78 Å². The van der Waals surface area contributed by atoms with Crippen LogP contribution in [0.1, 0.15) is 0 Å². The van der Waals surface area contributed by atoms with Crippen molar-refractivity contribution in [2.45, 2.75) is 0 Å². The number of amides is 2. The summed E-state index contributed by atoms with van der Waals surface area (Å²) in [5.74, 6) is -3.41. The highest BCUT2D eigenvalue weighted by Gasteiger charge is 2.18. The van der Waals surface area contributed by atoms with Crippen LogP contribution in [0, 0.1) is 11.6 Å². The summed E-state index contributed by atoms with van der Waals surface area (Å²) in [5, 5.41) is 4.50. The SMILES string of the molecule is O=C(NCC[NH+]1CCOCC1)C(=O)Nc1cc(F)ccc1F. The Kier molecular flexibility index (Phi) is 5.79. The van der Waals surface area contributed by atoms with Crippen molar-refractivity contribution >= 4 is 17.5 Å². The van der Waals surface area contributed by atoms with Gasteiger partial charge in [-0.15, -0.1) is 0 Å². The molecule has 1 aliphatic heterocycles. The number of carbonyl (C=O) groups is 2. The Morgan fingerprint density at radius 3 is 2.64 bits per heavy atom. The monoisotopic (exact) mass is 314 g/mol. The molecule has 0 spiro atoms. The van der Waals surface area contributed by atoms with E-state index in [4.69, 9.17) is 4.74 Å². The molecule has 0 radical (unpaired) electrons. The third-order valence-electron chi connectivity index (χ3n) is 3.35. The normalized spacial score (nSPS) is 15.4. The lowest BCUT2D eigenvalue weighted by molar-refractivity contribution is -0.906. The molecule has 120 valence electrons. The topological polar surface area (TPSA) is 71.9 Å². The fourth-order valence-corrected chi connectivity index (χ4v) is 2.12. The number of rotatable bonds is 4. The number of quaternary nitrogens is 1. The number of morpholine rings is 1. The second kappa shape index (κ2) is 7.81. The largest absolute Gasteiger partial charge is 0.370 e. The Bertz CT molecular complexity index is 548. The van der Waals surface area contributed by atoms with E-state index in [0.29, 0.717) is 26.3 Å². The number of halogens is 2. The van der Waals surface area contributed by atoms with Gasteiger partial charge >= 0.3 is 11.8 Å². The smallest absolute Gasteiger partial charge is 0.313 e. The third-order valence-corrected chi connectivity index (χ3v) is 3.35. The zero-order chi connectivity index (χ0) is 15.9. The van der Waals surface area contributed by atoms with Crippen LogP contribution in [0.5, 0.6) is 0 Å². The van der Waals surface area contributed by atoms with Crippen molar-refractivity contribution < 1.29 is 28.0 Å². The second-order valence-electron chi connectivity index (χ2n) is 4.95. The standard InChI is InChI=1S/C14H17F2N3O3/c15-10-1-2-11(16)12(9-10)18-14(21)13(20)17-3-4-19-5-7-22-8-6-19/h1-2,9H,3-8H2,(H,17,20)(H,18,21)/p+1. The molecular weight excluding hydrogens is 296 g/mol. The fourth-order valence-electron chi connectivity index (χ4n) is 2.12. The molecule has 1 saturated heterocycles. The molecule has 2 amide bonds. The number of hydrogen-bond acceptors (Lipinski definition) is 3. The molecule has 1 aliphatic rings. The van der Waals surface area contributed by atoms with Crippen LogP contribution < -0.4 is 15.5 Å². The summed E-state index contributed by atoms with van der Waals surface area (Å²) in [6.07, 6.45) is 0. The van der Waals surface area contributed by atoms with Gasteiger partial charge in [-0.3, -0.25) is 9.59 Å². The van der Waals surface area contributed by atoms with Gasteiger partial charge in [0.05, 0.1) is 32.0 Å². The lowest BCUT2D eigenvalue weighted by Crippen LogP contribution is -3.14. The van der Waals surface area contributed by atoms with Gasteiger partial charge in [0.1, 0.15) is 24.7 Å². The molecule has 22 heavy (non-hydrogen) atoms. The van der Waals surface area contributed by atoms with E-state index in [0.717, 1.165) is 31.3 Å². The molecule has 1 fully saturated rings. The maximum atomic E-state index is 13.4. The van der Waals surface area contributed by atoms with Crippen molar-refractivity contribution in [3.63, 3.8) is 0 Å². The Labute approximate surface area is 126 Å². The highest BCUT2D eigenvalue weighted by atomic mass is 19.1. The summed E-state index contributed by atoms with van der Waals surface area (Å²) >= 11 is 0. The molecule has 3 N–H and O–H groups in total. The number of nitrogens with one attached hydrogen (secondary N) is 3. The first-order valence-corrected chi connectivity index (χ1v) is 7.02. The molecule has 0 unspecified atom stereocenters. The van der Waals surface area contributed by atoms with Gasteiger partial charge in [0.25, 0.3) is 0 Å². The Hall–Kier alpha value is -2.06. The maximum Gasteiger partial charge on any atom is 0.313 e. The highest BCUT2D eigenvalue weighted by molar-refractivity contribution is 6.39.